The number of rotatable bonds is 9. The van der Waals surface area contributed by atoms with Crippen molar-refractivity contribution < 1.29 is 35.9 Å². The van der Waals surface area contributed by atoms with Gasteiger partial charge in [0.1, 0.15) is 22.8 Å². The highest BCUT2D eigenvalue weighted by molar-refractivity contribution is 5.91. The summed E-state index contributed by atoms with van der Waals surface area (Å²) in [5, 5.41) is 10.9. The van der Waals surface area contributed by atoms with Crippen LogP contribution in [0.4, 0.5) is 42.9 Å². The molecule has 4 aromatic rings. The second-order valence-electron chi connectivity index (χ2n) is 10.00. The van der Waals surface area contributed by atoms with Crippen molar-refractivity contribution in [2.75, 3.05) is 23.9 Å². The molecule has 1 aliphatic carbocycles. The molecule has 3 N–H and O–H groups in total. The Morgan fingerprint density at radius 1 is 1.02 bits per heavy atom. The number of hydrogen-bond acceptors (Lipinski definition) is 9. The number of pyridine rings is 1. The molecule has 4 aromatic heterocycles. The minimum atomic E-state index is -4.85. The van der Waals surface area contributed by atoms with E-state index in [0.717, 1.165) is 6.20 Å². The number of carbonyl (C=O) groups excluding carboxylic acids is 1. The number of nitrogens with one attached hydrogen (secondary N) is 3. The monoisotopic (exact) mass is 636 g/mol. The van der Waals surface area contributed by atoms with E-state index in [2.05, 4.69) is 45.8 Å². The Labute approximate surface area is 251 Å². The van der Waals surface area contributed by atoms with Crippen LogP contribution < -0.4 is 20.3 Å². The fourth-order valence-electron chi connectivity index (χ4n) is 4.92. The summed E-state index contributed by atoms with van der Waals surface area (Å²) in [6.07, 6.45) is -0.0430. The van der Waals surface area contributed by atoms with Crippen molar-refractivity contribution >= 4 is 17.8 Å². The molecule has 1 aliphatic rings. The number of aromatic amines is 1. The molecule has 4 heterocycles. The van der Waals surface area contributed by atoms with E-state index < -0.39 is 54.0 Å². The predicted molar refractivity (Wildman–Crippen MR) is 148 cm³/mol. The number of amides is 2. The van der Waals surface area contributed by atoms with Crippen LogP contribution in [0.2, 0.25) is 0 Å². The van der Waals surface area contributed by atoms with Gasteiger partial charge in [0, 0.05) is 48.0 Å². The summed E-state index contributed by atoms with van der Waals surface area (Å²) in [5.41, 5.74) is -1.28. The van der Waals surface area contributed by atoms with E-state index in [4.69, 9.17) is 4.74 Å². The van der Waals surface area contributed by atoms with Crippen LogP contribution in [0.5, 0.6) is 6.01 Å². The Hall–Kier alpha value is -5.03. The Bertz CT molecular complexity index is 1590. The molecule has 0 bridgehead atoms. The highest BCUT2D eigenvalue weighted by atomic mass is 19.4. The number of anilines is 2. The van der Waals surface area contributed by atoms with Crippen LogP contribution in [-0.4, -0.2) is 73.3 Å². The minimum Gasteiger partial charge on any atom is -0.467 e. The van der Waals surface area contributed by atoms with Crippen molar-refractivity contribution in [2.24, 2.45) is 0 Å². The number of aromatic nitrogens is 7. The normalized spacial score (nSPS) is 16.8. The van der Waals surface area contributed by atoms with Gasteiger partial charge in [0.2, 0.25) is 5.95 Å². The SMILES string of the molecule is COc1ncc(-c2ccc(N(C(=O)NCC(F)F)[C@H]3CC[C@H](Nc4ncc(C(F)(F)F)c(-c5n[nH]cc5F)n4)CC3)nc2)cn1. The fraction of sp³-hybridized carbons (Fsp3) is 0.370. The van der Waals surface area contributed by atoms with Crippen molar-refractivity contribution in [3.05, 3.63) is 54.5 Å². The number of H-pyrrole nitrogens is 1. The fourth-order valence-corrected chi connectivity index (χ4v) is 4.92. The maximum absolute atomic E-state index is 14.1. The van der Waals surface area contributed by atoms with Crippen LogP contribution in [-0.2, 0) is 6.18 Å². The summed E-state index contributed by atoms with van der Waals surface area (Å²) in [6, 6.07) is 1.95. The molecule has 12 nitrogen and oxygen atoms in total. The Balaban J connectivity index is 1.31. The third kappa shape index (κ3) is 7.38. The van der Waals surface area contributed by atoms with Gasteiger partial charge in [0.25, 0.3) is 6.43 Å². The third-order valence-corrected chi connectivity index (χ3v) is 7.07. The maximum Gasteiger partial charge on any atom is 0.420 e. The Morgan fingerprint density at radius 2 is 1.73 bits per heavy atom. The van der Waals surface area contributed by atoms with E-state index in [1.165, 1.54) is 18.2 Å². The van der Waals surface area contributed by atoms with E-state index in [1.54, 1.807) is 24.5 Å². The van der Waals surface area contributed by atoms with Crippen LogP contribution in [0.3, 0.4) is 0 Å². The van der Waals surface area contributed by atoms with Crippen LogP contribution in [0.1, 0.15) is 31.2 Å². The topological polar surface area (TPSA) is 147 Å². The number of nitrogens with zero attached hydrogens (tertiary/aromatic N) is 7. The van der Waals surface area contributed by atoms with Gasteiger partial charge < -0.3 is 15.4 Å². The van der Waals surface area contributed by atoms with Crippen molar-refractivity contribution in [3.8, 4) is 28.5 Å². The average molecular weight is 637 g/mol. The summed E-state index contributed by atoms with van der Waals surface area (Å²) in [4.78, 5) is 34.6. The molecule has 45 heavy (non-hydrogen) atoms. The number of urea groups is 1. The summed E-state index contributed by atoms with van der Waals surface area (Å²) in [5.74, 6) is -0.932. The van der Waals surface area contributed by atoms with Gasteiger partial charge in [0.05, 0.1) is 19.9 Å². The molecule has 0 aliphatic heterocycles. The number of hydrogen-bond donors (Lipinski definition) is 3. The van der Waals surface area contributed by atoms with Crippen LogP contribution in [0.15, 0.2) is 43.1 Å². The zero-order valence-electron chi connectivity index (χ0n) is 23.5. The lowest BCUT2D eigenvalue weighted by atomic mass is 9.90. The van der Waals surface area contributed by atoms with Crippen LogP contribution >= 0.6 is 0 Å². The largest absolute Gasteiger partial charge is 0.467 e. The molecular weight excluding hydrogens is 610 g/mol. The van der Waals surface area contributed by atoms with Crippen LogP contribution in [0.25, 0.3) is 22.5 Å². The number of ether oxygens (including phenoxy) is 1. The van der Waals surface area contributed by atoms with E-state index in [0.29, 0.717) is 43.0 Å². The molecule has 0 radical (unpaired) electrons. The predicted octanol–water partition coefficient (Wildman–Crippen LogP) is 5.09. The van der Waals surface area contributed by atoms with Gasteiger partial charge >= 0.3 is 18.2 Å². The lowest BCUT2D eigenvalue weighted by Crippen LogP contribution is -2.50. The van der Waals surface area contributed by atoms with Crippen molar-refractivity contribution in [1.82, 2.24) is 40.4 Å². The summed E-state index contributed by atoms with van der Waals surface area (Å²) in [7, 11) is 1.44. The van der Waals surface area contributed by atoms with Gasteiger partial charge in [0.15, 0.2) is 5.82 Å². The smallest absolute Gasteiger partial charge is 0.420 e. The minimum absolute atomic E-state index is 0.157. The number of halogens is 6. The van der Waals surface area contributed by atoms with Crippen molar-refractivity contribution in [3.63, 3.8) is 0 Å². The van der Waals surface area contributed by atoms with Gasteiger partial charge in [-0.25, -0.2) is 42.9 Å². The molecule has 238 valence electrons. The van der Waals surface area contributed by atoms with Gasteiger partial charge in [-0.2, -0.15) is 18.3 Å². The molecule has 0 aromatic carbocycles. The Morgan fingerprint density at radius 3 is 2.31 bits per heavy atom. The molecule has 18 heteroatoms. The zero-order valence-corrected chi connectivity index (χ0v) is 23.5. The first kappa shape index (κ1) is 31.4. The van der Waals surface area contributed by atoms with E-state index >= 15 is 0 Å². The number of carbonyl (C=O) groups is 1. The van der Waals surface area contributed by atoms with Crippen molar-refractivity contribution in [1.29, 1.82) is 0 Å². The van der Waals surface area contributed by atoms with Gasteiger partial charge in [-0.3, -0.25) is 10.00 Å². The van der Waals surface area contributed by atoms with Crippen LogP contribution in [0, 0.1) is 5.82 Å². The molecule has 1 saturated carbocycles. The van der Waals surface area contributed by atoms with Crippen molar-refractivity contribution in [2.45, 2.75) is 50.4 Å². The first-order valence-corrected chi connectivity index (χ1v) is 13.6. The lowest BCUT2D eigenvalue weighted by molar-refractivity contribution is -0.137. The first-order valence-electron chi connectivity index (χ1n) is 13.6. The standard InChI is InChI=1S/C27H26F6N10O2/c1-45-25-36-9-15(10-37-25)14-2-7-21(34-8-14)43(26(44)38-13-20(29)30)17-5-3-16(4-6-17)40-24-35-11-18(27(31,32)33)22(41-24)23-19(28)12-39-42-23/h2,7-12,16-17,20H,3-6,13H2,1H3,(H,38,44)(H,39,42)(H,35,40,41)/t16-,17-. The number of alkyl halides is 5. The van der Waals surface area contributed by atoms with E-state index in [9.17, 15) is 31.1 Å². The second-order valence-corrected chi connectivity index (χ2v) is 10.00. The second kappa shape index (κ2) is 13.3. The van der Waals surface area contributed by atoms with Gasteiger partial charge in [-0.15, -0.1) is 0 Å². The molecule has 0 unspecified atom stereocenters. The zero-order chi connectivity index (χ0) is 32.1. The molecule has 1 fully saturated rings. The van der Waals surface area contributed by atoms with E-state index in [-0.39, 0.29) is 23.8 Å². The third-order valence-electron chi connectivity index (χ3n) is 7.07. The highest BCUT2D eigenvalue weighted by Gasteiger charge is 2.37. The maximum atomic E-state index is 14.1. The highest BCUT2D eigenvalue weighted by Crippen LogP contribution is 2.36. The quantitative estimate of drug-likeness (QED) is 0.214. The molecule has 2 amide bonds. The summed E-state index contributed by atoms with van der Waals surface area (Å²) < 4.78 is 85.6. The Kier molecular flexibility index (Phi) is 9.29. The summed E-state index contributed by atoms with van der Waals surface area (Å²) in [6.45, 7) is -0.850. The van der Waals surface area contributed by atoms with E-state index in [1.807, 2.05) is 0 Å². The average Bonchev–Trinajstić information content (AvgIpc) is 3.46. The molecular formula is C27H26F6N10O2. The molecule has 0 atom stereocenters. The molecule has 5 rings (SSSR count). The first-order chi connectivity index (χ1) is 21.5. The summed E-state index contributed by atoms with van der Waals surface area (Å²) >= 11 is 0. The molecule has 0 spiro atoms. The number of methoxy groups -OCH3 is 1. The van der Waals surface area contributed by atoms with Gasteiger partial charge in [-0.1, -0.05) is 0 Å². The lowest BCUT2D eigenvalue weighted by Gasteiger charge is -2.36. The van der Waals surface area contributed by atoms with Gasteiger partial charge in [-0.05, 0) is 37.8 Å². The molecule has 0 saturated heterocycles.